The Morgan fingerprint density at radius 3 is 2.11 bits per heavy atom. The van der Waals surface area contributed by atoms with Gasteiger partial charge in [-0.05, 0) is 23.6 Å². The van der Waals surface area contributed by atoms with Gasteiger partial charge in [0.15, 0.2) is 9.84 Å². The van der Waals surface area contributed by atoms with Crippen molar-refractivity contribution in [3.8, 4) is 0 Å². The number of hydrogen-bond acceptors (Lipinski definition) is 2. The standard InChI is InChI=1S/C12H14BrF3O2S/c1-11(2,3)7-19(17,18)10-5-4-8(13)6-9(10)12(14,15)16/h4-6H,7H2,1-3H3. The molecule has 0 amide bonds. The van der Waals surface area contributed by atoms with Crippen molar-refractivity contribution in [1.82, 2.24) is 0 Å². The first kappa shape index (κ1) is 16.5. The summed E-state index contributed by atoms with van der Waals surface area (Å²) in [5.41, 5.74) is -1.75. The Balaban J connectivity index is 3.44. The van der Waals surface area contributed by atoms with Crippen LogP contribution in [0.2, 0.25) is 0 Å². The summed E-state index contributed by atoms with van der Waals surface area (Å²) in [6, 6.07) is 3.08. The van der Waals surface area contributed by atoms with Crippen molar-refractivity contribution in [1.29, 1.82) is 0 Å². The lowest BCUT2D eigenvalue weighted by Crippen LogP contribution is -2.23. The normalized spacial score (nSPS) is 13.6. The Kier molecular flexibility index (Phi) is 4.42. The molecule has 0 atom stereocenters. The highest BCUT2D eigenvalue weighted by Gasteiger charge is 2.38. The van der Waals surface area contributed by atoms with Gasteiger partial charge in [0, 0.05) is 4.47 Å². The van der Waals surface area contributed by atoms with E-state index in [9.17, 15) is 21.6 Å². The lowest BCUT2D eigenvalue weighted by Gasteiger charge is -2.20. The van der Waals surface area contributed by atoms with Crippen LogP contribution in [0.4, 0.5) is 13.2 Å². The SMILES string of the molecule is CC(C)(C)CS(=O)(=O)c1ccc(Br)cc1C(F)(F)F. The molecule has 0 aliphatic heterocycles. The molecule has 0 saturated heterocycles. The molecule has 0 bridgehead atoms. The van der Waals surface area contributed by atoms with Crippen LogP contribution in [0.25, 0.3) is 0 Å². The maximum absolute atomic E-state index is 12.9. The summed E-state index contributed by atoms with van der Waals surface area (Å²) in [6.45, 7) is 4.99. The fourth-order valence-corrected chi connectivity index (χ4v) is 4.08. The smallest absolute Gasteiger partial charge is 0.224 e. The molecule has 7 heteroatoms. The summed E-state index contributed by atoms with van der Waals surface area (Å²) < 4.78 is 63.1. The zero-order valence-electron chi connectivity index (χ0n) is 10.7. The Labute approximate surface area is 119 Å². The van der Waals surface area contributed by atoms with Crippen LogP contribution in [0.5, 0.6) is 0 Å². The minimum Gasteiger partial charge on any atom is -0.224 e. The molecule has 108 valence electrons. The number of benzene rings is 1. The van der Waals surface area contributed by atoms with E-state index in [1.165, 1.54) is 6.07 Å². The quantitative estimate of drug-likeness (QED) is 0.790. The molecule has 2 nitrogen and oxygen atoms in total. The van der Waals surface area contributed by atoms with Crippen molar-refractivity contribution >= 4 is 25.8 Å². The molecule has 0 aliphatic carbocycles. The number of halogens is 4. The van der Waals surface area contributed by atoms with Gasteiger partial charge in [-0.25, -0.2) is 8.42 Å². The van der Waals surface area contributed by atoms with Crippen LogP contribution in [0.1, 0.15) is 26.3 Å². The lowest BCUT2D eigenvalue weighted by atomic mass is 10.0. The third kappa shape index (κ3) is 4.49. The summed E-state index contributed by atoms with van der Waals surface area (Å²) in [4.78, 5) is -0.668. The molecule has 19 heavy (non-hydrogen) atoms. The molecule has 0 N–H and O–H groups in total. The molecule has 0 saturated carbocycles. The highest BCUT2D eigenvalue weighted by molar-refractivity contribution is 9.10. The van der Waals surface area contributed by atoms with E-state index in [0.29, 0.717) is 0 Å². The molecular formula is C12H14BrF3O2S. The molecule has 0 fully saturated rings. The third-order valence-corrected chi connectivity index (χ3v) is 4.97. The first-order chi connectivity index (χ1) is 8.33. The Hall–Kier alpha value is -0.560. The molecule has 0 aromatic heterocycles. The van der Waals surface area contributed by atoms with E-state index in [0.717, 1.165) is 12.1 Å². The van der Waals surface area contributed by atoms with Gasteiger partial charge in [-0.2, -0.15) is 13.2 Å². The summed E-state index contributed by atoms with van der Waals surface area (Å²) >= 11 is 2.92. The summed E-state index contributed by atoms with van der Waals surface area (Å²) in [6.07, 6.45) is -4.70. The average Bonchev–Trinajstić information content (AvgIpc) is 2.11. The first-order valence-electron chi connectivity index (χ1n) is 5.42. The van der Waals surface area contributed by atoms with Crippen molar-refractivity contribution in [3.05, 3.63) is 28.2 Å². The molecule has 0 unspecified atom stereocenters. The lowest BCUT2D eigenvalue weighted by molar-refractivity contribution is -0.139. The second-order valence-corrected chi connectivity index (χ2v) is 8.33. The van der Waals surface area contributed by atoms with Gasteiger partial charge >= 0.3 is 6.18 Å². The fraction of sp³-hybridized carbons (Fsp3) is 0.500. The zero-order chi connectivity index (χ0) is 15.1. The van der Waals surface area contributed by atoms with Crippen LogP contribution in [0, 0.1) is 5.41 Å². The topological polar surface area (TPSA) is 34.1 Å². The third-order valence-electron chi connectivity index (χ3n) is 2.21. The highest BCUT2D eigenvalue weighted by Crippen LogP contribution is 2.37. The maximum atomic E-state index is 12.9. The molecule has 1 rings (SSSR count). The van der Waals surface area contributed by atoms with Gasteiger partial charge in [0.1, 0.15) is 0 Å². The van der Waals surface area contributed by atoms with Crippen LogP contribution in [-0.4, -0.2) is 14.2 Å². The van der Waals surface area contributed by atoms with Crippen LogP contribution >= 0.6 is 15.9 Å². The van der Waals surface area contributed by atoms with E-state index in [1.807, 2.05) is 0 Å². The molecule has 1 aromatic rings. The number of rotatable bonds is 2. The van der Waals surface area contributed by atoms with Gasteiger partial charge in [0.05, 0.1) is 16.2 Å². The van der Waals surface area contributed by atoms with E-state index >= 15 is 0 Å². The molecular weight excluding hydrogens is 345 g/mol. The molecule has 0 heterocycles. The van der Waals surface area contributed by atoms with Gasteiger partial charge in [-0.15, -0.1) is 0 Å². The Bertz CT molecular complexity index is 572. The van der Waals surface area contributed by atoms with Crippen LogP contribution in [0.3, 0.4) is 0 Å². The van der Waals surface area contributed by atoms with E-state index in [1.54, 1.807) is 20.8 Å². The van der Waals surface area contributed by atoms with Gasteiger partial charge < -0.3 is 0 Å². The first-order valence-corrected chi connectivity index (χ1v) is 7.87. The van der Waals surface area contributed by atoms with Crippen LogP contribution in [-0.2, 0) is 16.0 Å². The molecule has 0 radical (unpaired) electrons. The van der Waals surface area contributed by atoms with Crippen molar-refractivity contribution in [3.63, 3.8) is 0 Å². The van der Waals surface area contributed by atoms with Crippen molar-refractivity contribution in [2.45, 2.75) is 31.8 Å². The minimum atomic E-state index is -4.70. The molecule has 1 aromatic carbocycles. The van der Waals surface area contributed by atoms with Gasteiger partial charge in [0.25, 0.3) is 0 Å². The second kappa shape index (κ2) is 5.09. The van der Waals surface area contributed by atoms with Crippen molar-refractivity contribution in [2.24, 2.45) is 5.41 Å². The Morgan fingerprint density at radius 1 is 1.16 bits per heavy atom. The highest BCUT2D eigenvalue weighted by atomic mass is 79.9. The minimum absolute atomic E-state index is 0.189. The number of sulfone groups is 1. The monoisotopic (exact) mass is 358 g/mol. The van der Waals surface area contributed by atoms with E-state index in [4.69, 9.17) is 0 Å². The predicted octanol–water partition coefficient (Wildman–Crippen LogP) is 4.29. The maximum Gasteiger partial charge on any atom is 0.417 e. The van der Waals surface area contributed by atoms with Crippen molar-refractivity contribution in [2.75, 3.05) is 5.75 Å². The van der Waals surface area contributed by atoms with Gasteiger partial charge in [-0.1, -0.05) is 36.7 Å². The van der Waals surface area contributed by atoms with E-state index in [-0.39, 0.29) is 10.2 Å². The van der Waals surface area contributed by atoms with Gasteiger partial charge in [-0.3, -0.25) is 0 Å². The van der Waals surface area contributed by atoms with Gasteiger partial charge in [0.2, 0.25) is 0 Å². The number of alkyl halides is 3. The molecule has 0 spiro atoms. The van der Waals surface area contributed by atoms with Crippen LogP contribution < -0.4 is 0 Å². The second-order valence-electron chi connectivity index (χ2n) is 5.46. The summed E-state index contributed by atoms with van der Waals surface area (Å²) in [5, 5.41) is 0. The average molecular weight is 359 g/mol. The summed E-state index contributed by atoms with van der Waals surface area (Å²) in [7, 11) is -3.99. The van der Waals surface area contributed by atoms with Crippen molar-refractivity contribution < 1.29 is 21.6 Å². The largest absolute Gasteiger partial charge is 0.417 e. The summed E-state index contributed by atoms with van der Waals surface area (Å²) in [5.74, 6) is -0.343. The molecule has 0 aliphatic rings. The van der Waals surface area contributed by atoms with E-state index < -0.39 is 31.9 Å². The predicted molar refractivity (Wildman–Crippen MR) is 70.7 cm³/mol. The van der Waals surface area contributed by atoms with E-state index in [2.05, 4.69) is 15.9 Å². The number of hydrogen-bond donors (Lipinski definition) is 0. The van der Waals surface area contributed by atoms with Crippen LogP contribution in [0.15, 0.2) is 27.6 Å². The fourth-order valence-electron chi connectivity index (χ4n) is 1.64. The zero-order valence-corrected chi connectivity index (χ0v) is 13.1. The Morgan fingerprint density at radius 2 is 1.68 bits per heavy atom.